The summed E-state index contributed by atoms with van der Waals surface area (Å²) in [6.45, 7) is 2.35. The van der Waals surface area contributed by atoms with Crippen LogP contribution in [0.25, 0.3) is 0 Å². The van der Waals surface area contributed by atoms with Gasteiger partial charge in [0.1, 0.15) is 0 Å². The summed E-state index contributed by atoms with van der Waals surface area (Å²) in [5.41, 5.74) is 11.1. The molecule has 2 N–H and O–H groups in total. The summed E-state index contributed by atoms with van der Waals surface area (Å²) in [7, 11) is 2.28. The molecule has 0 amide bonds. The van der Waals surface area contributed by atoms with Gasteiger partial charge in [0, 0.05) is 25.0 Å². The van der Waals surface area contributed by atoms with Crippen LogP contribution in [0.3, 0.4) is 0 Å². The number of hydrogen-bond acceptors (Lipinski definition) is 5. The first-order valence-electron chi connectivity index (χ1n) is 9.95. The molecule has 5 rings (SSSR count). The lowest BCUT2D eigenvalue weighted by atomic mass is 9.86. The lowest BCUT2D eigenvalue weighted by Gasteiger charge is -2.35. The van der Waals surface area contributed by atoms with Crippen LogP contribution in [0.1, 0.15) is 41.6 Å². The van der Waals surface area contributed by atoms with Gasteiger partial charge in [-0.25, -0.2) is 5.43 Å². The highest BCUT2D eigenvalue weighted by molar-refractivity contribution is 5.45. The highest BCUT2D eigenvalue weighted by Gasteiger charge is 2.33. The van der Waals surface area contributed by atoms with Crippen molar-refractivity contribution in [1.82, 2.24) is 15.8 Å². The Labute approximate surface area is 160 Å². The summed E-state index contributed by atoms with van der Waals surface area (Å²) < 4.78 is 11.0. The van der Waals surface area contributed by atoms with Gasteiger partial charge in [-0.15, -0.1) is 0 Å². The molecule has 1 fully saturated rings. The van der Waals surface area contributed by atoms with E-state index in [1.807, 2.05) is 6.07 Å². The van der Waals surface area contributed by atoms with E-state index in [9.17, 15) is 0 Å². The average Bonchev–Trinajstić information content (AvgIpc) is 3.36. The van der Waals surface area contributed by atoms with Gasteiger partial charge in [0.15, 0.2) is 11.5 Å². The van der Waals surface area contributed by atoms with Crippen molar-refractivity contribution in [2.24, 2.45) is 5.92 Å². The molecule has 3 atom stereocenters. The smallest absolute Gasteiger partial charge is 0.231 e. The fourth-order valence-electron chi connectivity index (χ4n) is 4.85. The van der Waals surface area contributed by atoms with Gasteiger partial charge in [-0.3, -0.25) is 10.3 Å². The topological polar surface area (TPSA) is 45.8 Å². The third-order valence-electron chi connectivity index (χ3n) is 6.24. The van der Waals surface area contributed by atoms with E-state index in [-0.39, 0.29) is 6.04 Å². The van der Waals surface area contributed by atoms with Crippen molar-refractivity contribution in [2.75, 3.05) is 26.9 Å². The highest BCUT2D eigenvalue weighted by Crippen LogP contribution is 2.38. The fourth-order valence-corrected chi connectivity index (χ4v) is 4.85. The Bertz CT molecular complexity index is 825. The summed E-state index contributed by atoms with van der Waals surface area (Å²) in [4.78, 5) is 2.55. The van der Waals surface area contributed by atoms with Crippen molar-refractivity contribution < 1.29 is 9.47 Å². The van der Waals surface area contributed by atoms with Gasteiger partial charge in [-0.1, -0.05) is 30.3 Å². The molecule has 2 aliphatic heterocycles. The molecule has 2 aromatic rings. The molecule has 2 aromatic carbocycles. The van der Waals surface area contributed by atoms with Gasteiger partial charge < -0.3 is 9.47 Å². The van der Waals surface area contributed by atoms with Crippen molar-refractivity contribution in [3.8, 4) is 11.5 Å². The monoisotopic (exact) mass is 365 g/mol. The number of ether oxygens (including phenoxy) is 2. The summed E-state index contributed by atoms with van der Waals surface area (Å²) >= 11 is 0. The summed E-state index contributed by atoms with van der Waals surface area (Å²) in [5.74, 6) is 2.20. The normalized spacial score (nSPS) is 26.4. The van der Waals surface area contributed by atoms with Crippen LogP contribution in [0, 0.1) is 5.92 Å². The van der Waals surface area contributed by atoms with Crippen LogP contribution in [-0.2, 0) is 6.42 Å². The standard InChI is InChI=1S/C22H27N3O2/c1-25(19-8-4-6-15-5-2-3-7-18(15)19)13-17-12-23-24-22(17)16-9-10-20-21(11-16)27-14-26-20/h2-3,5,7,9-11,17,19,22-24H,4,6,8,12-14H2,1H3. The zero-order valence-corrected chi connectivity index (χ0v) is 15.8. The van der Waals surface area contributed by atoms with Crippen LogP contribution in [0.5, 0.6) is 11.5 Å². The molecule has 0 bridgehead atoms. The second kappa shape index (κ2) is 7.15. The molecule has 0 aromatic heterocycles. The van der Waals surface area contributed by atoms with E-state index in [1.54, 1.807) is 0 Å². The minimum Gasteiger partial charge on any atom is -0.454 e. The second-order valence-corrected chi connectivity index (χ2v) is 7.92. The number of fused-ring (bicyclic) bond motifs is 2. The summed E-state index contributed by atoms with van der Waals surface area (Å²) in [5, 5.41) is 0. The van der Waals surface area contributed by atoms with Gasteiger partial charge in [0.2, 0.25) is 6.79 Å². The lowest BCUT2D eigenvalue weighted by molar-refractivity contribution is 0.173. The molecule has 3 unspecified atom stereocenters. The average molecular weight is 365 g/mol. The Balaban J connectivity index is 1.33. The third-order valence-corrected chi connectivity index (χ3v) is 6.24. The molecular weight excluding hydrogens is 338 g/mol. The van der Waals surface area contributed by atoms with Gasteiger partial charge >= 0.3 is 0 Å². The Morgan fingerprint density at radius 3 is 2.96 bits per heavy atom. The SMILES string of the molecule is CN(CC1CNNC1c1ccc2c(c1)OCO2)C1CCCc2ccccc21. The summed E-state index contributed by atoms with van der Waals surface area (Å²) in [6.07, 6.45) is 3.74. The number of aryl methyl sites for hydroxylation is 1. The minimum atomic E-state index is 0.279. The van der Waals surface area contributed by atoms with E-state index in [4.69, 9.17) is 9.47 Å². The second-order valence-electron chi connectivity index (χ2n) is 7.92. The molecule has 3 aliphatic rings. The third kappa shape index (κ3) is 3.20. The quantitative estimate of drug-likeness (QED) is 0.871. The predicted octanol–water partition coefficient (Wildman–Crippen LogP) is 3.19. The molecule has 0 radical (unpaired) electrons. The Hall–Kier alpha value is -2.08. The predicted molar refractivity (Wildman–Crippen MR) is 105 cm³/mol. The molecule has 0 spiro atoms. The molecule has 2 heterocycles. The lowest BCUT2D eigenvalue weighted by Crippen LogP contribution is -2.34. The number of hydrazine groups is 1. The van der Waals surface area contributed by atoms with Crippen molar-refractivity contribution >= 4 is 0 Å². The maximum absolute atomic E-state index is 5.57. The highest BCUT2D eigenvalue weighted by atomic mass is 16.7. The zero-order chi connectivity index (χ0) is 18.2. The van der Waals surface area contributed by atoms with E-state index < -0.39 is 0 Å². The maximum Gasteiger partial charge on any atom is 0.231 e. The molecule has 142 valence electrons. The van der Waals surface area contributed by atoms with Crippen LogP contribution in [0.4, 0.5) is 0 Å². The molecule has 1 saturated heterocycles. The van der Waals surface area contributed by atoms with Gasteiger partial charge in [0.25, 0.3) is 0 Å². The van der Waals surface area contributed by atoms with E-state index >= 15 is 0 Å². The van der Waals surface area contributed by atoms with Gasteiger partial charge in [-0.2, -0.15) is 0 Å². The Morgan fingerprint density at radius 2 is 2.00 bits per heavy atom. The van der Waals surface area contributed by atoms with Crippen LogP contribution in [0.2, 0.25) is 0 Å². The van der Waals surface area contributed by atoms with Gasteiger partial charge in [-0.05, 0) is 55.1 Å². The number of benzene rings is 2. The first kappa shape index (κ1) is 17.0. The first-order chi connectivity index (χ1) is 13.3. The first-order valence-corrected chi connectivity index (χ1v) is 9.95. The van der Waals surface area contributed by atoms with Crippen molar-refractivity contribution in [3.05, 3.63) is 59.2 Å². The molecule has 5 heteroatoms. The molecule has 27 heavy (non-hydrogen) atoms. The van der Waals surface area contributed by atoms with Crippen molar-refractivity contribution in [2.45, 2.75) is 31.3 Å². The minimum absolute atomic E-state index is 0.279. The van der Waals surface area contributed by atoms with Crippen LogP contribution >= 0.6 is 0 Å². The van der Waals surface area contributed by atoms with E-state index in [2.05, 4.69) is 59.2 Å². The maximum atomic E-state index is 5.57. The van der Waals surface area contributed by atoms with Crippen molar-refractivity contribution in [3.63, 3.8) is 0 Å². The largest absolute Gasteiger partial charge is 0.454 e. The molecule has 0 saturated carbocycles. The molecule has 5 nitrogen and oxygen atoms in total. The fraction of sp³-hybridized carbons (Fsp3) is 0.455. The number of rotatable bonds is 4. The number of nitrogens with one attached hydrogen (secondary N) is 2. The van der Waals surface area contributed by atoms with Crippen LogP contribution < -0.4 is 20.3 Å². The Kier molecular flexibility index (Phi) is 4.52. The van der Waals surface area contributed by atoms with Gasteiger partial charge in [0.05, 0.1) is 6.04 Å². The summed E-state index contributed by atoms with van der Waals surface area (Å²) in [6, 6.07) is 16.1. The molecule has 1 aliphatic carbocycles. The van der Waals surface area contributed by atoms with E-state index in [0.717, 1.165) is 24.6 Å². The Morgan fingerprint density at radius 1 is 1.11 bits per heavy atom. The van der Waals surface area contributed by atoms with Crippen LogP contribution in [-0.4, -0.2) is 31.8 Å². The zero-order valence-electron chi connectivity index (χ0n) is 15.8. The van der Waals surface area contributed by atoms with E-state index in [0.29, 0.717) is 18.8 Å². The number of hydrogen-bond donors (Lipinski definition) is 2. The number of nitrogens with zero attached hydrogens (tertiary/aromatic N) is 1. The van der Waals surface area contributed by atoms with Crippen LogP contribution in [0.15, 0.2) is 42.5 Å². The van der Waals surface area contributed by atoms with E-state index in [1.165, 1.54) is 36.0 Å². The van der Waals surface area contributed by atoms with Crippen molar-refractivity contribution in [1.29, 1.82) is 0 Å². The molecular formula is C22H27N3O2.